The number of piperidine rings is 1. The van der Waals surface area contributed by atoms with Crippen molar-refractivity contribution in [3.8, 4) is 0 Å². The molecule has 0 spiro atoms. The largest absolute Gasteiger partial charge is 0.465 e. The maximum Gasteiger partial charge on any atom is 0.407 e. The van der Waals surface area contributed by atoms with Crippen molar-refractivity contribution in [1.29, 1.82) is 0 Å². The minimum Gasteiger partial charge on any atom is -0.465 e. The molecule has 2 unspecified atom stereocenters. The van der Waals surface area contributed by atoms with E-state index in [4.69, 9.17) is 0 Å². The molecule has 2 N–H and O–H groups in total. The number of nitrogens with zero attached hydrogens (tertiary/aromatic N) is 2. The van der Waals surface area contributed by atoms with E-state index < -0.39 is 18.0 Å². The van der Waals surface area contributed by atoms with Crippen LogP contribution in [-0.4, -0.2) is 57.3 Å². The Kier molecular flexibility index (Phi) is 5.11. The lowest BCUT2D eigenvalue weighted by Crippen LogP contribution is -2.52. The number of amides is 4. The normalized spacial score (nSPS) is 24.1. The zero-order valence-electron chi connectivity index (χ0n) is 18.0. The van der Waals surface area contributed by atoms with Gasteiger partial charge in [0.15, 0.2) is 0 Å². The van der Waals surface area contributed by atoms with Gasteiger partial charge in [0.1, 0.15) is 6.04 Å². The van der Waals surface area contributed by atoms with E-state index in [1.807, 2.05) is 39.0 Å². The molecular weight excluding hydrogens is 398 g/mol. The summed E-state index contributed by atoms with van der Waals surface area (Å²) in [5, 5.41) is 11.9. The van der Waals surface area contributed by atoms with Gasteiger partial charge in [0, 0.05) is 31.1 Å². The maximum absolute atomic E-state index is 12.9. The number of fused-ring (bicyclic) bond motifs is 1. The Morgan fingerprint density at radius 1 is 1.19 bits per heavy atom. The highest BCUT2D eigenvalue weighted by Gasteiger charge is 2.40. The van der Waals surface area contributed by atoms with Crippen LogP contribution < -0.4 is 5.32 Å². The molecule has 0 bridgehead atoms. The second kappa shape index (κ2) is 7.51. The first-order valence-electron chi connectivity index (χ1n) is 10.5. The molecule has 3 aliphatic rings. The molecule has 4 rings (SSSR count). The average Bonchev–Trinajstić information content (AvgIpc) is 3.02. The number of benzene rings is 1. The van der Waals surface area contributed by atoms with Crippen LogP contribution >= 0.6 is 0 Å². The quantitative estimate of drug-likeness (QED) is 0.709. The zero-order valence-corrected chi connectivity index (χ0v) is 18.0. The summed E-state index contributed by atoms with van der Waals surface area (Å²) >= 11 is 0. The third kappa shape index (κ3) is 3.82. The number of hydrogen-bond acceptors (Lipinski definition) is 4. The van der Waals surface area contributed by atoms with E-state index >= 15 is 0 Å². The fourth-order valence-corrected chi connectivity index (χ4v) is 4.73. The lowest BCUT2D eigenvalue weighted by Gasteiger charge is -2.41. The van der Waals surface area contributed by atoms with Crippen molar-refractivity contribution in [2.24, 2.45) is 5.41 Å². The van der Waals surface area contributed by atoms with Crippen molar-refractivity contribution in [2.45, 2.75) is 58.7 Å². The highest BCUT2D eigenvalue weighted by Crippen LogP contribution is 2.37. The number of imide groups is 1. The molecule has 1 fully saturated rings. The molecule has 4 amide bonds. The van der Waals surface area contributed by atoms with Gasteiger partial charge >= 0.3 is 6.09 Å². The van der Waals surface area contributed by atoms with Crippen LogP contribution in [0.4, 0.5) is 4.79 Å². The molecule has 0 aliphatic carbocycles. The summed E-state index contributed by atoms with van der Waals surface area (Å²) in [6.07, 6.45) is 2.17. The smallest absolute Gasteiger partial charge is 0.407 e. The first-order valence-corrected chi connectivity index (χ1v) is 10.5. The molecule has 3 aliphatic heterocycles. The minimum absolute atomic E-state index is 0.153. The van der Waals surface area contributed by atoms with Gasteiger partial charge in [-0.05, 0) is 47.1 Å². The van der Waals surface area contributed by atoms with E-state index in [0.29, 0.717) is 31.5 Å². The van der Waals surface area contributed by atoms with Gasteiger partial charge in [-0.2, -0.15) is 0 Å². The molecule has 8 nitrogen and oxygen atoms in total. The Labute approximate surface area is 180 Å². The number of nitrogens with one attached hydrogen (secondary N) is 1. The Morgan fingerprint density at radius 3 is 2.58 bits per heavy atom. The van der Waals surface area contributed by atoms with Gasteiger partial charge in [-0.1, -0.05) is 32.9 Å². The highest BCUT2D eigenvalue weighted by molar-refractivity contribution is 6.05. The summed E-state index contributed by atoms with van der Waals surface area (Å²) in [6, 6.07) is 4.87. The first kappa shape index (κ1) is 21.1. The van der Waals surface area contributed by atoms with E-state index in [9.17, 15) is 24.3 Å². The predicted molar refractivity (Wildman–Crippen MR) is 113 cm³/mol. The summed E-state index contributed by atoms with van der Waals surface area (Å²) in [5.74, 6) is -0.923. The van der Waals surface area contributed by atoms with Crippen LogP contribution in [0.25, 0.3) is 5.57 Å². The SMILES string of the molecule is CC(C)(C)C1CC(c2ccc3c(c2)CN(C2CCC(=O)NC2=O)C3=O)=CCN1C(=O)O. The molecule has 2 atom stereocenters. The van der Waals surface area contributed by atoms with Crippen molar-refractivity contribution in [3.63, 3.8) is 0 Å². The van der Waals surface area contributed by atoms with Crippen molar-refractivity contribution in [2.75, 3.05) is 6.54 Å². The van der Waals surface area contributed by atoms with Gasteiger partial charge in [0.05, 0.1) is 0 Å². The van der Waals surface area contributed by atoms with Gasteiger partial charge in [-0.15, -0.1) is 0 Å². The predicted octanol–water partition coefficient (Wildman–Crippen LogP) is 2.63. The summed E-state index contributed by atoms with van der Waals surface area (Å²) < 4.78 is 0. The number of carboxylic acid groups (broad SMARTS) is 1. The van der Waals surface area contributed by atoms with Gasteiger partial charge in [0.2, 0.25) is 11.8 Å². The van der Waals surface area contributed by atoms with E-state index in [1.165, 1.54) is 9.80 Å². The zero-order chi connectivity index (χ0) is 22.5. The molecule has 0 aromatic heterocycles. The fourth-order valence-electron chi connectivity index (χ4n) is 4.73. The molecule has 1 aromatic carbocycles. The van der Waals surface area contributed by atoms with Crippen molar-refractivity contribution in [3.05, 3.63) is 41.0 Å². The Bertz CT molecular complexity index is 1010. The number of carbonyl (C=O) groups excluding carboxylic acids is 3. The third-order valence-corrected chi connectivity index (χ3v) is 6.46. The van der Waals surface area contributed by atoms with Crippen LogP contribution in [0.1, 0.15) is 61.5 Å². The van der Waals surface area contributed by atoms with Gasteiger partial charge in [-0.3, -0.25) is 19.7 Å². The standard InChI is InChI=1S/C23H27N3O5/c1-23(2,3)18-11-14(8-9-25(18)22(30)31)13-4-5-16-15(10-13)12-26(21(16)29)17-6-7-19(27)24-20(17)28/h4-5,8,10,17-18H,6-7,9,11-12H2,1-3H3,(H,30,31)(H,24,27,28). The van der Waals surface area contributed by atoms with E-state index in [-0.39, 0.29) is 29.7 Å². The molecule has 8 heteroatoms. The van der Waals surface area contributed by atoms with E-state index in [2.05, 4.69) is 5.32 Å². The Hall–Kier alpha value is -3.16. The topological polar surface area (TPSA) is 107 Å². The van der Waals surface area contributed by atoms with Crippen LogP contribution in [-0.2, 0) is 16.1 Å². The molecule has 1 aromatic rings. The summed E-state index contributed by atoms with van der Waals surface area (Å²) in [7, 11) is 0. The van der Waals surface area contributed by atoms with Gasteiger partial charge < -0.3 is 14.9 Å². The first-order chi connectivity index (χ1) is 14.6. The van der Waals surface area contributed by atoms with Crippen LogP contribution in [0.5, 0.6) is 0 Å². The van der Waals surface area contributed by atoms with Gasteiger partial charge in [0.25, 0.3) is 5.91 Å². The second-order valence-electron chi connectivity index (χ2n) is 9.52. The number of rotatable bonds is 2. The highest BCUT2D eigenvalue weighted by atomic mass is 16.4. The number of hydrogen-bond donors (Lipinski definition) is 2. The van der Waals surface area contributed by atoms with Crippen LogP contribution in [0.2, 0.25) is 0 Å². The van der Waals surface area contributed by atoms with E-state index in [0.717, 1.165) is 16.7 Å². The monoisotopic (exact) mass is 425 g/mol. The van der Waals surface area contributed by atoms with Crippen LogP contribution in [0, 0.1) is 5.41 Å². The lowest BCUT2D eigenvalue weighted by atomic mass is 9.79. The molecule has 164 valence electrons. The maximum atomic E-state index is 12.9. The van der Waals surface area contributed by atoms with Crippen molar-refractivity contribution in [1.82, 2.24) is 15.1 Å². The van der Waals surface area contributed by atoms with Crippen LogP contribution in [0.15, 0.2) is 24.3 Å². The van der Waals surface area contributed by atoms with Crippen molar-refractivity contribution >= 4 is 29.4 Å². The minimum atomic E-state index is -0.922. The Morgan fingerprint density at radius 2 is 1.94 bits per heavy atom. The lowest BCUT2D eigenvalue weighted by molar-refractivity contribution is -0.136. The fraction of sp³-hybridized carbons (Fsp3) is 0.478. The average molecular weight is 425 g/mol. The van der Waals surface area contributed by atoms with Crippen molar-refractivity contribution < 1.29 is 24.3 Å². The molecule has 0 saturated carbocycles. The summed E-state index contributed by atoms with van der Waals surface area (Å²) in [5.41, 5.74) is 3.24. The third-order valence-electron chi connectivity index (χ3n) is 6.46. The number of carbonyl (C=O) groups is 4. The van der Waals surface area contributed by atoms with E-state index in [1.54, 1.807) is 6.07 Å². The molecule has 0 radical (unpaired) electrons. The summed E-state index contributed by atoms with van der Waals surface area (Å²) in [4.78, 5) is 51.2. The van der Waals surface area contributed by atoms with Gasteiger partial charge in [-0.25, -0.2) is 4.79 Å². The molecule has 3 heterocycles. The second-order valence-corrected chi connectivity index (χ2v) is 9.52. The molecule has 31 heavy (non-hydrogen) atoms. The molecular formula is C23H27N3O5. The molecule has 1 saturated heterocycles. The Balaban J connectivity index is 1.58. The van der Waals surface area contributed by atoms with Crippen LogP contribution in [0.3, 0.4) is 0 Å². The summed E-state index contributed by atoms with van der Waals surface area (Å²) in [6.45, 7) is 6.76.